The van der Waals surface area contributed by atoms with Crippen LogP contribution in [0.25, 0.3) is 10.9 Å². The first-order valence-electron chi connectivity index (χ1n) is 10.9. The van der Waals surface area contributed by atoms with Gasteiger partial charge in [0.15, 0.2) is 0 Å². The van der Waals surface area contributed by atoms with Crippen LogP contribution in [-0.4, -0.2) is 61.1 Å². The van der Waals surface area contributed by atoms with Crippen LogP contribution in [0.5, 0.6) is 0 Å². The zero-order valence-electron chi connectivity index (χ0n) is 18.6. The van der Waals surface area contributed by atoms with E-state index in [1.807, 2.05) is 30.3 Å². The Kier molecular flexibility index (Phi) is 8.27. The van der Waals surface area contributed by atoms with Crippen molar-refractivity contribution in [1.29, 1.82) is 0 Å². The highest BCUT2D eigenvalue weighted by Crippen LogP contribution is 2.20. The molecule has 0 saturated carbocycles. The Morgan fingerprint density at radius 1 is 1.12 bits per heavy atom. The molecule has 1 aromatic carbocycles. The summed E-state index contributed by atoms with van der Waals surface area (Å²) in [5, 5.41) is 13.7. The van der Waals surface area contributed by atoms with E-state index in [-0.39, 0.29) is 0 Å². The topological polar surface area (TPSA) is 130 Å². The molecule has 0 fully saturated rings. The van der Waals surface area contributed by atoms with Gasteiger partial charge in [-0.25, -0.2) is 24.7 Å². The number of anilines is 2. The van der Waals surface area contributed by atoms with E-state index in [0.717, 1.165) is 42.4 Å². The molecule has 3 rings (SSSR count). The highest BCUT2D eigenvalue weighted by Gasteiger charge is 2.21. The number of benzene rings is 1. The molecule has 0 unspecified atom stereocenters. The lowest BCUT2D eigenvalue weighted by Gasteiger charge is -2.28. The van der Waals surface area contributed by atoms with Crippen molar-refractivity contribution in [2.24, 2.45) is 0 Å². The van der Waals surface area contributed by atoms with Gasteiger partial charge in [0.25, 0.3) is 0 Å². The number of para-hydroxylation sites is 1. The van der Waals surface area contributed by atoms with Crippen LogP contribution in [-0.2, 0) is 11.2 Å². The third kappa shape index (κ3) is 6.58. The van der Waals surface area contributed by atoms with E-state index in [0.29, 0.717) is 30.8 Å². The van der Waals surface area contributed by atoms with Crippen LogP contribution in [0.3, 0.4) is 0 Å². The second kappa shape index (κ2) is 11.3. The summed E-state index contributed by atoms with van der Waals surface area (Å²) in [5.74, 6) is -0.0454. The molecule has 0 radical (unpaired) electrons. The lowest BCUT2D eigenvalue weighted by Crippen LogP contribution is -2.38. The number of carboxylic acids is 1. The first kappa shape index (κ1) is 23.3. The Morgan fingerprint density at radius 3 is 2.69 bits per heavy atom. The fourth-order valence-electron chi connectivity index (χ4n) is 3.64. The highest BCUT2D eigenvalue weighted by molar-refractivity contribution is 5.90. The maximum absolute atomic E-state index is 11.9. The summed E-state index contributed by atoms with van der Waals surface area (Å²) in [6.45, 7) is 5.82. The number of aryl methyl sites for hydroxylation is 1. The quantitative estimate of drug-likeness (QED) is 0.366. The molecule has 2 aromatic heterocycles. The zero-order chi connectivity index (χ0) is 22.9. The van der Waals surface area contributed by atoms with Crippen LogP contribution in [0.15, 0.2) is 42.9 Å². The van der Waals surface area contributed by atoms with Gasteiger partial charge in [0, 0.05) is 29.9 Å². The molecule has 0 spiro atoms. The van der Waals surface area contributed by atoms with Crippen molar-refractivity contribution >= 4 is 28.6 Å². The highest BCUT2D eigenvalue weighted by atomic mass is 16.4. The molecule has 0 bridgehead atoms. The molecular weight excluding hydrogens is 406 g/mol. The van der Waals surface area contributed by atoms with Gasteiger partial charge < -0.3 is 21.1 Å². The zero-order valence-corrected chi connectivity index (χ0v) is 18.6. The van der Waals surface area contributed by atoms with Gasteiger partial charge in [-0.1, -0.05) is 12.1 Å². The summed E-state index contributed by atoms with van der Waals surface area (Å²) >= 11 is 0. The molecule has 0 aliphatic heterocycles. The summed E-state index contributed by atoms with van der Waals surface area (Å²) in [4.78, 5) is 30.9. The van der Waals surface area contributed by atoms with Gasteiger partial charge in [-0.3, -0.25) is 0 Å². The summed E-state index contributed by atoms with van der Waals surface area (Å²) in [7, 11) is 0. The molecule has 0 amide bonds. The Hall–Kier alpha value is -3.33. The van der Waals surface area contributed by atoms with E-state index in [1.165, 1.54) is 6.33 Å². The van der Waals surface area contributed by atoms with Crippen molar-refractivity contribution in [2.75, 3.05) is 24.1 Å². The Morgan fingerprint density at radius 2 is 1.94 bits per heavy atom. The van der Waals surface area contributed by atoms with Crippen molar-refractivity contribution in [2.45, 2.75) is 51.6 Å². The minimum absolute atomic E-state index is 0.301. The number of nitrogens with one attached hydrogen (secondary N) is 1. The number of aliphatic carboxylic acids is 1. The molecule has 9 heteroatoms. The Balaban J connectivity index is 1.54. The standard InChI is InChI=1S/C23H31N7O2/c1-16(2)30(13-6-5-7-17-10-12-25-23(24)28-17)14-11-20(22(31)32)29-21-18-8-3-4-9-19(18)26-15-27-21/h3-4,8-10,12,15-16,20H,5-7,11,13-14H2,1-2H3,(H,31,32)(H2,24,25,28)(H,26,27,29)/t20-/m0/s1. The van der Waals surface area contributed by atoms with Gasteiger partial charge >= 0.3 is 5.97 Å². The van der Waals surface area contributed by atoms with Crippen LogP contribution >= 0.6 is 0 Å². The van der Waals surface area contributed by atoms with Gasteiger partial charge in [0.05, 0.1) is 5.52 Å². The Labute approximate surface area is 188 Å². The Bertz CT molecular complexity index is 1020. The minimum Gasteiger partial charge on any atom is -0.480 e. The molecule has 3 aromatic rings. The van der Waals surface area contributed by atoms with Crippen LogP contribution in [0.4, 0.5) is 11.8 Å². The van der Waals surface area contributed by atoms with E-state index >= 15 is 0 Å². The second-order valence-electron chi connectivity index (χ2n) is 8.06. The number of fused-ring (bicyclic) bond motifs is 1. The summed E-state index contributed by atoms with van der Waals surface area (Å²) < 4.78 is 0. The predicted molar refractivity (Wildman–Crippen MR) is 125 cm³/mol. The number of unbranched alkanes of at least 4 members (excludes halogenated alkanes) is 1. The molecule has 0 aliphatic carbocycles. The smallest absolute Gasteiger partial charge is 0.326 e. The van der Waals surface area contributed by atoms with E-state index in [4.69, 9.17) is 5.73 Å². The molecule has 1 atom stereocenters. The molecule has 32 heavy (non-hydrogen) atoms. The van der Waals surface area contributed by atoms with Crippen molar-refractivity contribution in [3.05, 3.63) is 48.5 Å². The number of carbonyl (C=O) groups is 1. The number of rotatable bonds is 12. The molecule has 9 nitrogen and oxygen atoms in total. The molecule has 2 heterocycles. The van der Waals surface area contributed by atoms with Crippen LogP contribution in [0.2, 0.25) is 0 Å². The first-order chi connectivity index (χ1) is 15.4. The number of aromatic nitrogens is 4. The average Bonchev–Trinajstić information content (AvgIpc) is 2.77. The largest absolute Gasteiger partial charge is 0.480 e. The number of hydrogen-bond donors (Lipinski definition) is 3. The van der Waals surface area contributed by atoms with Crippen LogP contribution in [0.1, 0.15) is 38.8 Å². The second-order valence-corrected chi connectivity index (χ2v) is 8.06. The normalized spacial score (nSPS) is 12.4. The lowest BCUT2D eigenvalue weighted by molar-refractivity contribution is -0.138. The van der Waals surface area contributed by atoms with E-state index in [2.05, 4.69) is 44.0 Å². The number of nitrogen functional groups attached to an aromatic ring is 1. The minimum atomic E-state index is -0.891. The fourth-order valence-corrected chi connectivity index (χ4v) is 3.64. The SMILES string of the molecule is CC(C)N(CCCCc1ccnc(N)n1)CC[C@H](Nc1ncnc2ccccc12)C(=O)O. The van der Waals surface area contributed by atoms with E-state index in [1.54, 1.807) is 6.20 Å². The summed E-state index contributed by atoms with van der Waals surface area (Å²) in [6.07, 6.45) is 6.41. The van der Waals surface area contributed by atoms with Crippen molar-refractivity contribution in [1.82, 2.24) is 24.8 Å². The van der Waals surface area contributed by atoms with Crippen molar-refractivity contribution < 1.29 is 9.90 Å². The number of nitrogens with two attached hydrogens (primary N) is 1. The van der Waals surface area contributed by atoms with E-state index < -0.39 is 12.0 Å². The fraction of sp³-hybridized carbons (Fsp3) is 0.435. The number of carboxylic acid groups (broad SMARTS) is 1. The van der Waals surface area contributed by atoms with Gasteiger partial charge in [-0.15, -0.1) is 0 Å². The predicted octanol–water partition coefficient (Wildman–Crippen LogP) is 2.99. The molecule has 0 saturated heterocycles. The maximum Gasteiger partial charge on any atom is 0.326 e. The molecule has 170 valence electrons. The van der Waals surface area contributed by atoms with Crippen molar-refractivity contribution in [3.63, 3.8) is 0 Å². The lowest BCUT2D eigenvalue weighted by atomic mass is 10.1. The molecule has 0 aliphatic rings. The monoisotopic (exact) mass is 437 g/mol. The van der Waals surface area contributed by atoms with Gasteiger partial charge in [-0.05, 0) is 64.3 Å². The maximum atomic E-state index is 11.9. The summed E-state index contributed by atoms with van der Waals surface area (Å²) in [6, 6.07) is 9.03. The third-order valence-corrected chi connectivity index (χ3v) is 5.45. The van der Waals surface area contributed by atoms with Crippen molar-refractivity contribution in [3.8, 4) is 0 Å². The van der Waals surface area contributed by atoms with Crippen LogP contribution in [0, 0.1) is 0 Å². The van der Waals surface area contributed by atoms with Gasteiger partial charge in [0.1, 0.15) is 18.2 Å². The van der Waals surface area contributed by atoms with E-state index in [9.17, 15) is 9.90 Å². The molecular formula is C23H31N7O2. The third-order valence-electron chi connectivity index (χ3n) is 5.45. The average molecular weight is 438 g/mol. The summed E-state index contributed by atoms with van der Waals surface area (Å²) in [5.41, 5.74) is 7.36. The number of nitrogens with zero attached hydrogens (tertiary/aromatic N) is 5. The van der Waals surface area contributed by atoms with Crippen LogP contribution < -0.4 is 11.1 Å². The van der Waals surface area contributed by atoms with Gasteiger partial charge in [-0.2, -0.15) is 0 Å². The molecule has 4 N–H and O–H groups in total. The number of hydrogen-bond acceptors (Lipinski definition) is 8. The first-order valence-corrected chi connectivity index (χ1v) is 10.9. The van der Waals surface area contributed by atoms with Gasteiger partial charge in [0.2, 0.25) is 5.95 Å².